The lowest BCUT2D eigenvalue weighted by Crippen LogP contribution is -2.46. The molecule has 0 aromatic heterocycles. The van der Waals surface area contributed by atoms with Crippen molar-refractivity contribution in [2.24, 2.45) is 5.41 Å². The largest absolute Gasteiger partial charge is 0.467 e. The Morgan fingerprint density at radius 3 is 2.63 bits per heavy atom. The van der Waals surface area contributed by atoms with Gasteiger partial charge in [-0.2, -0.15) is 0 Å². The minimum atomic E-state index is -0.927. The van der Waals surface area contributed by atoms with Crippen LogP contribution in [0.25, 0.3) is 6.08 Å². The van der Waals surface area contributed by atoms with Crippen molar-refractivity contribution in [3.63, 3.8) is 0 Å². The van der Waals surface area contributed by atoms with E-state index in [4.69, 9.17) is 14.2 Å². The minimum absolute atomic E-state index is 0.00828. The number of methoxy groups -OCH3 is 1. The van der Waals surface area contributed by atoms with Crippen molar-refractivity contribution in [2.45, 2.75) is 58.3 Å². The molecule has 206 valence electrons. The first-order valence-corrected chi connectivity index (χ1v) is 12.7. The van der Waals surface area contributed by atoms with Crippen LogP contribution in [-0.4, -0.2) is 72.8 Å². The molecular formula is C28H37N3O7. The van der Waals surface area contributed by atoms with Crippen molar-refractivity contribution in [2.75, 3.05) is 26.8 Å². The number of hydrogen-bond donors (Lipinski definition) is 1. The highest BCUT2D eigenvalue weighted by molar-refractivity contribution is 5.88. The van der Waals surface area contributed by atoms with Crippen molar-refractivity contribution in [3.8, 4) is 0 Å². The van der Waals surface area contributed by atoms with Gasteiger partial charge in [0.2, 0.25) is 5.91 Å². The molecular weight excluding hydrogens is 490 g/mol. The van der Waals surface area contributed by atoms with Gasteiger partial charge in [0.1, 0.15) is 18.7 Å². The van der Waals surface area contributed by atoms with Crippen LogP contribution in [0, 0.1) is 5.41 Å². The van der Waals surface area contributed by atoms with E-state index >= 15 is 0 Å². The molecule has 2 aliphatic heterocycles. The summed E-state index contributed by atoms with van der Waals surface area (Å²) in [6.07, 6.45) is 3.31. The highest BCUT2D eigenvalue weighted by atomic mass is 16.6. The first-order valence-electron chi connectivity index (χ1n) is 12.7. The van der Waals surface area contributed by atoms with Crippen molar-refractivity contribution in [1.29, 1.82) is 0 Å². The Morgan fingerprint density at radius 1 is 1.18 bits per heavy atom. The SMILES string of the molecule is C=CCCC(C)(C)COC(=O)NCC(=O)N1C[C@H](OC(=O)N2Cc3cccc(C=C)c3C2)C[C@H]1C(=O)OC. The van der Waals surface area contributed by atoms with Gasteiger partial charge in [0.25, 0.3) is 0 Å². The molecule has 2 heterocycles. The van der Waals surface area contributed by atoms with Crippen LogP contribution in [0.2, 0.25) is 0 Å². The second-order valence-electron chi connectivity index (χ2n) is 10.3. The van der Waals surface area contributed by atoms with E-state index in [1.807, 2.05) is 38.1 Å². The van der Waals surface area contributed by atoms with Gasteiger partial charge in [-0.05, 0) is 34.9 Å². The molecule has 0 spiro atoms. The zero-order chi connectivity index (χ0) is 27.9. The van der Waals surface area contributed by atoms with Crippen LogP contribution in [0.3, 0.4) is 0 Å². The molecule has 3 amide bonds. The lowest BCUT2D eigenvalue weighted by Gasteiger charge is -2.24. The number of carbonyl (C=O) groups excluding carboxylic acids is 4. The fourth-order valence-electron chi connectivity index (χ4n) is 4.63. The van der Waals surface area contributed by atoms with Crippen LogP contribution >= 0.6 is 0 Å². The van der Waals surface area contributed by atoms with Gasteiger partial charge in [0.05, 0.1) is 26.8 Å². The van der Waals surface area contributed by atoms with Gasteiger partial charge in [-0.15, -0.1) is 6.58 Å². The molecule has 1 aromatic carbocycles. The van der Waals surface area contributed by atoms with Gasteiger partial charge in [-0.3, -0.25) is 9.69 Å². The average Bonchev–Trinajstić information content (AvgIpc) is 3.53. The molecule has 10 heteroatoms. The maximum Gasteiger partial charge on any atom is 0.410 e. The highest BCUT2D eigenvalue weighted by Gasteiger charge is 2.42. The third kappa shape index (κ3) is 7.14. The summed E-state index contributed by atoms with van der Waals surface area (Å²) >= 11 is 0. The fourth-order valence-corrected chi connectivity index (χ4v) is 4.63. The van der Waals surface area contributed by atoms with Gasteiger partial charge >= 0.3 is 18.2 Å². The Bertz CT molecular complexity index is 1080. The Labute approximate surface area is 223 Å². The van der Waals surface area contributed by atoms with Gasteiger partial charge < -0.3 is 24.4 Å². The van der Waals surface area contributed by atoms with Crippen LogP contribution < -0.4 is 5.32 Å². The van der Waals surface area contributed by atoms with Crippen LogP contribution in [0.1, 0.15) is 49.8 Å². The van der Waals surface area contributed by atoms with E-state index in [2.05, 4.69) is 18.5 Å². The normalized spacial score (nSPS) is 18.4. The molecule has 1 N–H and O–H groups in total. The highest BCUT2D eigenvalue weighted by Crippen LogP contribution is 2.29. The lowest BCUT2D eigenvalue weighted by molar-refractivity contribution is -0.150. The van der Waals surface area contributed by atoms with E-state index in [0.29, 0.717) is 13.1 Å². The number of fused-ring (bicyclic) bond motifs is 1. The zero-order valence-corrected chi connectivity index (χ0v) is 22.4. The van der Waals surface area contributed by atoms with Crippen LogP contribution in [-0.2, 0) is 36.9 Å². The zero-order valence-electron chi connectivity index (χ0n) is 22.4. The molecule has 0 aliphatic carbocycles. The molecule has 1 fully saturated rings. The molecule has 2 aliphatic rings. The number of likely N-dealkylation sites (tertiary alicyclic amines) is 1. The number of ether oxygens (including phenoxy) is 3. The minimum Gasteiger partial charge on any atom is -0.467 e. The number of esters is 1. The van der Waals surface area contributed by atoms with Gasteiger partial charge in [0.15, 0.2) is 0 Å². The third-order valence-corrected chi connectivity index (χ3v) is 6.82. The summed E-state index contributed by atoms with van der Waals surface area (Å²) < 4.78 is 15.8. The van der Waals surface area contributed by atoms with Crippen LogP contribution in [0.15, 0.2) is 37.4 Å². The summed E-state index contributed by atoms with van der Waals surface area (Å²) in [6, 6.07) is 4.89. The third-order valence-electron chi connectivity index (χ3n) is 6.82. The fraction of sp³-hybridized carbons (Fsp3) is 0.500. The number of nitrogens with one attached hydrogen (secondary N) is 1. The molecule has 2 atom stereocenters. The predicted octanol–water partition coefficient (Wildman–Crippen LogP) is 3.64. The molecule has 1 aromatic rings. The van der Waals surface area contributed by atoms with E-state index in [9.17, 15) is 19.2 Å². The maximum atomic E-state index is 12.9. The quantitative estimate of drug-likeness (QED) is 0.281. The van der Waals surface area contributed by atoms with E-state index in [1.54, 1.807) is 11.0 Å². The van der Waals surface area contributed by atoms with Crippen LogP contribution in [0.5, 0.6) is 0 Å². The lowest BCUT2D eigenvalue weighted by atomic mass is 9.89. The predicted molar refractivity (Wildman–Crippen MR) is 141 cm³/mol. The number of carbonyl (C=O) groups is 4. The summed E-state index contributed by atoms with van der Waals surface area (Å²) in [7, 11) is 1.23. The molecule has 0 saturated carbocycles. The molecule has 0 bridgehead atoms. The molecule has 1 saturated heterocycles. The number of amides is 3. The van der Waals surface area contributed by atoms with E-state index in [-0.39, 0.29) is 31.5 Å². The summed E-state index contributed by atoms with van der Waals surface area (Å²) in [6.45, 7) is 12.1. The second-order valence-corrected chi connectivity index (χ2v) is 10.3. The molecule has 3 rings (SSSR count). The first kappa shape index (κ1) is 28.7. The second kappa shape index (κ2) is 12.6. The Balaban J connectivity index is 1.54. The number of hydrogen-bond acceptors (Lipinski definition) is 7. The molecule has 0 radical (unpaired) electrons. The number of nitrogens with zero attached hydrogens (tertiary/aromatic N) is 2. The van der Waals surface area contributed by atoms with Gasteiger partial charge in [0, 0.05) is 13.0 Å². The standard InChI is InChI=1S/C28H37N3O7/c1-6-8-12-28(3,4)18-37-26(34)29-14-24(32)31-16-21(13-23(31)25(33)36-5)38-27(35)30-15-20-11-9-10-19(7-2)22(20)17-30/h6-7,9-11,21,23H,1-2,8,12-18H2,3-5H3,(H,29,34)/t21-,23+/m1/s1. The smallest absolute Gasteiger partial charge is 0.410 e. The number of alkyl carbamates (subject to hydrolysis) is 1. The Kier molecular flexibility index (Phi) is 9.55. The van der Waals surface area contributed by atoms with E-state index in [0.717, 1.165) is 29.5 Å². The molecule has 10 nitrogen and oxygen atoms in total. The van der Waals surface area contributed by atoms with E-state index < -0.39 is 36.2 Å². The van der Waals surface area contributed by atoms with E-state index in [1.165, 1.54) is 12.0 Å². The first-order chi connectivity index (χ1) is 18.1. The van der Waals surface area contributed by atoms with Crippen molar-refractivity contribution in [3.05, 3.63) is 54.1 Å². The van der Waals surface area contributed by atoms with Crippen molar-refractivity contribution >= 4 is 30.1 Å². The Hall–Kier alpha value is -3.82. The topological polar surface area (TPSA) is 114 Å². The van der Waals surface area contributed by atoms with Crippen molar-refractivity contribution in [1.82, 2.24) is 15.1 Å². The summed E-state index contributed by atoms with van der Waals surface area (Å²) in [5.74, 6) is -1.13. The monoisotopic (exact) mass is 527 g/mol. The van der Waals surface area contributed by atoms with Gasteiger partial charge in [-0.1, -0.05) is 50.8 Å². The van der Waals surface area contributed by atoms with Crippen molar-refractivity contribution < 1.29 is 33.4 Å². The summed E-state index contributed by atoms with van der Waals surface area (Å²) in [5, 5.41) is 2.44. The van der Waals surface area contributed by atoms with Crippen LogP contribution in [0.4, 0.5) is 9.59 Å². The number of rotatable bonds is 10. The molecule has 38 heavy (non-hydrogen) atoms. The summed E-state index contributed by atoms with van der Waals surface area (Å²) in [4.78, 5) is 53.2. The molecule has 0 unspecified atom stereocenters. The summed E-state index contributed by atoms with van der Waals surface area (Å²) in [5.41, 5.74) is 2.78. The average molecular weight is 528 g/mol. The number of benzene rings is 1. The number of allylic oxidation sites excluding steroid dienone is 1. The maximum absolute atomic E-state index is 12.9. The Morgan fingerprint density at radius 2 is 1.95 bits per heavy atom. The van der Waals surface area contributed by atoms with Gasteiger partial charge in [-0.25, -0.2) is 14.4 Å².